The van der Waals surface area contributed by atoms with E-state index in [0.717, 1.165) is 22.9 Å². The third kappa shape index (κ3) is 6.33. The molecule has 0 atom stereocenters. The Morgan fingerprint density at radius 3 is 2.55 bits per heavy atom. The van der Waals surface area contributed by atoms with E-state index in [-0.39, 0.29) is 5.69 Å². The lowest BCUT2D eigenvalue weighted by molar-refractivity contribution is -0.384. The van der Waals surface area contributed by atoms with E-state index in [1.165, 1.54) is 25.0 Å². The second kappa shape index (κ2) is 11.2. The summed E-state index contributed by atoms with van der Waals surface area (Å²) < 4.78 is 12.1. The van der Waals surface area contributed by atoms with E-state index in [1.54, 1.807) is 31.4 Å². The van der Waals surface area contributed by atoms with Crippen LogP contribution in [0.4, 0.5) is 5.69 Å². The van der Waals surface area contributed by atoms with Crippen molar-refractivity contribution in [2.24, 2.45) is 0 Å². The fourth-order valence-corrected chi connectivity index (χ4v) is 3.35. The molecular weight excluding hydrogens is 436 g/mol. The van der Waals surface area contributed by atoms with Crippen LogP contribution in [0.2, 0.25) is 0 Å². The lowest BCUT2D eigenvalue weighted by Gasteiger charge is -2.13. The molecule has 29 heavy (non-hydrogen) atoms. The molecule has 2 aromatic rings. The molecule has 0 aliphatic carbocycles. The number of hydrogen-bond acceptors (Lipinski definition) is 5. The molecule has 6 nitrogen and oxygen atoms in total. The number of rotatable bonds is 10. The van der Waals surface area contributed by atoms with Gasteiger partial charge in [0.1, 0.15) is 0 Å². The predicted molar refractivity (Wildman–Crippen MR) is 117 cm³/mol. The second-order valence-electron chi connectivity index (χ2n) is 6.42. The van der Waals surface area contributed by atoms with Crippen LogP contribution in [0.3, 0.4) is 0 Å². The number of nitrogens with zero attached hydrogens (tertiary/aromatic N) is 2. The van der Waals surface area contributed by atoms with E-state index >= 15 is 0 Å². The first-order valence-corrected chi connectivity index (χ1v) is 10.2. The average molecular weight is 459 g/mol. The van der Waals surface area contributed by atoms with Gasteiger partial charge in [-0.25, -0.2) is 0 Å². The van der Waals surface area contributed by atoms with Gasteiger partial charge in [-0.1, -0.05) is 26.2 Å². The van der Waals surface area contributed by atoms with Crippen LogP contribution in [0.15, 0.2) is 40.9 Å². The summed E-state index contributed by atoms with van der Waals surface area (Å²) in [5.41, 5.74) is 1.73. The van der Waals surface area contributed by atoms with Gasteiger partial charge in [0.05, 0.1) is 34.8 Å². The van der Waals surface area contributed by atoms with Crippen LogP contribution in [-0.4, -0.2) is 18.6 Å². The molecule has 0 fully saturated rings. The number of hydrogen-bond donors (Lipinski definition) is 0. The molecule has 152 valence electrons. The van der Waals surface area contributed by atoms with Gasteiger partial charge >= 0.3 is 0 Å². The van der Waals surface area contributed by atoms with E-state index < -0.39 is 4.92 Å². The second-order valence-corrected chi connectivity index (χ2v) is 7.27. The molecule has 0 unspecified atom stereocenters. The average Bonchev–Trinajstić information content (AvgIpc) is 2.72. The Balaban J connectivity index is 2.25. The number of ether oxygens (including phenoxy) is 2. The van der Waals surface area contributed by atoms with Crippen molar-refractivity contribution >= 4 is 33.3 Å². The van der Waals surface area contributed by atoms with Crippen LogP contribution >= 0.6 is 15.9 Å². The Bertz CT molecular complexity index is 918. The van der Waals surface area contributed by atoms with Gasteiger partial charge < -0.3 is 9.47 Å². The first kappa shape index (κ1) is 22.4. The maximum Gasteiger partial charge on any atom is 0.269 e. The topological polar surface area (TPSA) is 85.4 Å². The minimum atomic E-state index is -0.470. The molecule has 0 aliphatic rings. The zero-order valence-corrected chi connectivity index (χ0v) is 18.1. The van der Waals surface area contributed by atoms with Crippen molar-refractivity contribution in [3.8, 4) is 17.6 Å². The first-order chi connectivity index (χ1) is 14.0. The molecule has 0 aliphatic heterocycles. The number of nitro benzene ring substituents is 1. The molecule has 0 spiro atoms. The summed E-state index contributed by atoms with van der Waals surface area (Å²) in [6.45, 7) is 2.77. The summed E-state index contributed by atoms with van der Waals surface area (Å²) in [4.78, 5) is 10.3. The van der Waals surface area contributed by atoms with Gasteiger partial charge in [-0.2, -0.15) is 5.26 Å². The molecule has 0 bridgehead atoms. The third-order valence-electron chi connectivity index (χ3n) is 4.32. The van der Waals surface area contributed by atoms with Crippen molar-refractivity contribution in [2.45, 2.75) is 32.6 Å². The highest BCUT2D eigenvalue weighted by Gasteiger charge is 2.12. The largest absolute Gasteiger partial charge is 0.493 e. The van der Waals surface area contributed by atoms with Crippen LogP contribution in [0.25, 0.3) is 11.6 Å². The number of benzene rings is 2. The van der Waals surface area contributed by atoms with E-state index in [1.807, 2.05) is 6.07 Å². The highest BCUT2D eigenvalue weighted by molar-refractivity contribution is 9.10. The van der Waals surface area contributed by atoms with Crippen LogP contribution in [0.5, 0.6) is 11.5 Å². The molecule has 0 N–H and O–H groups in total. The van der Waals surface area contributed by atoms with Gasteiger partial charge in [0, 0.05) is 12.1 Å². The SMILES string of the molecule is CCCCCCOc1c(Br)cc(/C=C(\C#N)c2ccc([N+](=O)[O-])cc2)cc1OC. The fraction of sp³-hybridized carbons (Fsp3) is 0.318. The van der Waals surface area contributed by atoms with E-state index in [0.29, 0.717) is 29.2 Å². The minimum Gasteiger partial charge on any atom is -0.493 e. The number of nitro groups is 1. The highest BCUT2D eigenvalue weighted by atomic mass is 79.9. The number of unbranched alkanes of at least 4 members (excludes halogenated alkanes) is 3. The van der Waals surface area contributed by atoms with Crippen LogP contribution < -0.4 is 9.47 Å². The van der Waals surface area contributed by atoms with E-state index in [9.17, 15) is 15.4 Å². The van der Waals surface area contributed by atoms with Crippen molar-refractivity contribution < 1.29 is 14.4 Å². The molecule has 0 saturated carbocycles. The Morgan fingerprint density at radius 2 is 1.97 bits per heavy atom. The Hall–Kier alpha value is -2.85. The number of methoxy groups -OCH3 is 1. The predicted octanol–water partition coefficient (Wildman–Crippen LogP) is 6.39. The molecule has 2 aromatic carbocycles. The molecule has 0 aromatic heterocycles. The van der Waals surface area contributed by atoms with Crippen molar-refractivity contribution in [1.29, 1.82) is 5.26 Å². The summed E-state index contributed by atoms with van der Waals surface area (Å²) in [5.74, 6) is 1.21. The van der Waals surface area contributed by atoms with Crippen molar-refractivity contribution in [2.75, 3.05) is 13.7 Å². The molecule has 0 radical (unpaired) electrons. The molecule has 0 amide bonds. The quantitative estimate of drug-likeness (QED) is 0.135. The van der Waals surface area contributed by atoms with Gasteiger partial charge in [-0.3, -0.25) is 10.1 Å². The van der Waals surface area contributed by atoms with E-state index in [2.05, 4.69) is 28.9 Å². The van der Waals surface area contributed by atoms with Gasteiger partial charge in [0.2, 0.25) is 0 Å². The first-order valence-electron chi connectivity index (χ1n) is 9.37. The fourth-order valence-electron chi connectivity index (χ4n) is 2.78. The summed E-state index contributed by atoms with van der Waals surface area (Å²) >= 11 is 3.52. The van der Waals surface area contributed by atoms with Gasteiger partial charge in [-0.05, 0) is 63.8 Å². The summed E-state index contributed by atoms with van der Waals surface area (Å²) in [5, 5.41) is 20.3. The number of nitriles is 1. The maximum atomic E-state index is 10.8. The van der Waals surface area contributed by atoms with Crippen LogP contribution in [0.1, 0.15) is 43.7 Å². The lowest BCUT2D eigenvalue weighted by Crippen LogP contribution is -2.00. The number of non-ortho nitro benzene ring substituents is 1. The monoisotopic (exact) mass is 458 g/mol. The summed E-state index contributed by atoms with van der Waals surface area (Å²) in [7, 11) is 1.57. The van der Waals surface area contributed by atoms with Gasteiger partial charge in [0.15, 0.2) is 11.5 Å². The third-order valence-corrected chi connectivity index (χ3v) is 4.91. The Morgan fingerprint density at radius 1 is 1.24 bits per heavy atom. The smallest absolute Gasteiger partial charge is 0.269 e. The Kier molecular flexibility index (Phi) is 8.68. The van der Waals surface area contributed by atoms with Crippen molar-refractivity contribution in [3.05, 3.63) is 62.1 Å². The number of allylic oxidation sites excluding steroid dienone is 1. The lowest BCUT2D eigenvalue weighted by atomic mass is 10.0. The standard InChI is InChI=1S/C22H23BrN2O4/c1-3-4-5-6-11-29-22-20(23)13-16(14-21(22)28-2)12-18(15-24)17-7-9-19(10-8-17)25(26)27/h7-10,12-14H,3-6,11H2,1-2H3/b18-12+. The van der Waals surface area contributed by atoms with Crippen LogP contribution in [-0.2, 0) is 0 Å². The molecule has 2 rings (SSSR count). The Labute approximate surface area is 179 Å². The van der Waals surface area contributed by atoms with Gasteiger partial charge in [0.25, 0.3) is 5.69 Å². The van der Waals surface area contributed by atoms with Gasteiger partial charge in [-0.15, -0.1) is 0 Å². The number of halogens is 1. The van der Waals surface area contributed by atoms with Crippen molar-refractivity contribution in [1.82, 2.24) is 0 Å². The normalized spacial score (nSPS) is 11.0. The van der Waals surface area contributed by atoms with E-state index in [4.69, 9.17) is 9.47 Å². The molecule has 7 heteroatoms. The van der Waals surface area contributed by atoms with Crippen LogP contribution in [0, 0.1) is 21.4 Å². The summed E-state index contributed by atoms with van der Waals surface area (Å²) in [6.07, 6.45) is 6.16. The molecule has 0 saturated heterocycles. The zero-order valence-electron chi connectivity index (χ0n) is 16.5. The summed E-state index contributed by atoms with van der Waals surface area (Å²) in [6, 6.07) is 11.7. The highest BCUT2D eigenvalue weighted by Crippen LogP contribution is 2.38. The van der Waals surface area contributed by atoms with Crippen molar-refractivity contribution in [3.63, 3.8) is 0 Å². The maximum absolute atomic E-state index is 10.8. The molecule has 0 heterocycles. The minimum absolute atomic E-state index is 0.0177. The zero-order chi connectivity index (χ0) is 21.2. The molecular formula is C22H23BrN2O4.